The second kappa shape index (κ2) is 17.5. The SMILES string of the molecule is COc1cc(C2CC(O)CC(CCc3ccc(O)c(OCNCC(C)O)c3)O2)cc(OCC2NC(C)CCC23C(C(=O)O)C=CC3C2=CCNC(N)=C2)c1O. The molecule has 9 atom stereocenters. The summed E-state index contributed by atoms with van der Waals surface area (Å²) in [5.74, 6) is -0.832. The zero-order valence-corrected chi connectivity index (χ0v) is 31.7. The lowest BCUT2D eigenvalue weighted by Crippen LogP contribution is -2.61. The molecule has 1 spiro atoms. The molecule has 6 rings (SSSR count). The van der Waals surface area contributed by atoms with Gasteiger partial charge in [-0.3, -0.25) is 10.1 Å². The van der Waals surface area contributed by atoms with Crippen molar-refractivity contribution >= 4 is 5.97 Å². The topological polar surface area (TPSA) is 217 Å². The second-order valence-electron chi connectivity index (χ2n) is 15.3. The van der Waals surface area contributed by atoms with Crippen LogP contribution < -0.4 is 35.9 Å². The smallest absolute Gasteiger partial charge is 0.311 e. The van der Waals surface area contributed by atoms with Gasteiger partial charge in [0.1, 0.15) is 13.3 Å². The lowest BCUT2D eigenvalue weighted by Gasteiger charge is -2.50. The number of phenolic OH excluding ortho intramolecular Hbond substituents is 2. The van der Waals surface area contributed by atoms with Crippen LogP contribution in [0.2, 0.25) is 0 Å². The Hall–Kier alpha value is -4.47. The average molecular weight is 765 g/mol. The Labute approximate surface area is 322 Å². The molecule has 0 radical (unpaired) electrons. The maximum Gasteiger partial charge on any atom is 0.311 e. The number of allylic oxidation sites excluding steroid dienone is 3. The maximum absolute atomic E-state index is 12.8. The highest BCUT2D eigenvalue weighted by molar-refractivity contribution is 5.75. The van der Waals surface area contributed by atoms with Crippen molar-refractivity contribution in [1.29, 1.82) is 0 Å². The summed E-state index contributed by atoms with van der Waals surface area (Å²) in [6.45, 7) is 4.86. The zero-order valence-electron chi connectivity index (χ0n) is 31.7. The number of nitrogens with one attached hydrogen (secondary N) is 3. The average Bonchev–Trinajstić information content (AvgIpc) is 3.54. The van der Waals surface area contributed by atoms with Crippen LogP contribution in [0, 0.1) is 17.3 Å². The number of rotatable bonds is 15. The predicted octanol–water partition coefficient (Wildman–Crippen LogP) is 3.35. The Balaban J connectivity index is 1.18. The number of dihydropyridines is 1. The minimum Gasteiger partial charge on any atom is -0.504 e. The number of benzene rings is 2. The normalized spacial score (nSPS) is 29.6. The molecule has 2 aromatic rings. The number of aliphatic hydroxyl groups excluding tert-OH is 2. The van der Waals surface area contributed by atoms with E-state index in [0.717, 1.165) is 17.6 Å². The number of carbonyl (C=O) groups is 1. The minimum absolute atomic E-state index is 0.0122. The molecule has 3 heterocycles. The number of methoxy groups -OCH3 is 1. The van der Waals surface area contributed by atoms with Gasteiger partial charge in [-0.15, -0.1) is 0 Å². The highest BCUT2D eigenvalue weighted by Crippen LogP contribution is 2.55. The van der Waals surface area contributed by atoms with Crippen molar-refractivity contribution in [1.82, 2.24) is 16.0 Å². The Morgan fingerprint density at radius 1 is 1.13 bits per heavy atom. The fraction of sp³-hybridized carbons (Fsp3) is 0.537. The molecule has 14 heteroatoms. The van der Waals surface area contributed by atoms with E-state index in [9.17, 15) is 30.3 Å². The van der Waals surface area contributed by atoms with E-state index in [1.54, 1.807) is 37.3 Å². The van der Waals surface area contributed by atoms with E-state index >= 15 is 0 Å². The molecular formula is C41H56N4O10. The molecule has 300 valence electrons. The summed E-state index contributed by atoms with van der Waals surface area (Å²) in [7, 11) is 1.46. The van der Waals surface area contributed by atoms with Crippen molar-refractivity contribution < 1.29 is 49.3 Å². The van der Waals surface area contributed by atoms with E-state index < -0.39 is 41.7 Å². The lowest BCUT2D eigenvalue weighted by molar-refractivity contribution is -0.147. The summed E-state index contributed by atoms with van der Waals surface area (Å²) in [5.41, 5.74) is 7.96. The number of ether oxygens (including phenoxy) is 4. The van der Waals surface area contributed by atoms with Crippen LogP contribution in [0.5, 0.6) is 28.7 Å². The standard InChI is InChI=1S/C41H56N4O10/c1-23-10-12-41(30(7-8-31(41)40(50)51)26-11-13-44-38(42)17-26)37(45-23)21-53-36-16-27(15-35(52-3)39(36)49)33-19-28(47)18-29(55-33)6-4-25-5-9-32(48)34(14-25)54-22-43-20-24(2)46/h5,7-9,11,14-17,23-24,28-31,33,37,43-49H,4,6,10,12-13,18-22,42H2,1-3H3,(H,50,51). The first-order valence-electron chi connectivity index (χ1n) is 19.2. The third-order valence-electron chi connectivity index (χ3n) is 11.4. The lowest BCUT2D eigenvalue weighted by atomic mass is 9.59. The fourth-order valence-electron chi connectivity index (χ4n) is 8.64. The van der Waals surface area contributed by atoms with Gasteiger partial charge in [-0.1, -0.05) is 24.3 Å². The van der Waals surface area contributed by atoms with Gasteiger partial charge >= 0.3 is 5.97 Å². The first-order chi connectivity index (χ1) is 26.4. The molecule has 1 aliphatic carbocycles. The van der Waals surface area contributed by atoms with Gasteiger partial charge in [-0.25, -0.2) is 0 Å². The molecule has 2 saturated heterocycles. The summed E-state index contributed by atoms with van der Waals surface area (Å²) < 4.78 is 24.2. The second-order valence-corrected chi connectivity index (χ2v) is 15.3. The third-order valence-corrected chi connectivity index (χ3v) is 11.4. The number of carboxylic acids is 1. The van der Waals surface area contributed by atoms with Crippen LogP contribution in [0.4, 0.5) is 0 Å². The number of hydrogen-bond acceptors (Lipinski definition) is 13. The van der Waals surface area contributed by atoms with Crippen LogP contribution in [-0.4, -0.2) is 95.4 Å². The number of aliphatic hydroxyl groups is 2. The quantitative estimate of drug-likeness (QED) is 0.0723. The molecule has 0 aromatic heterocycles. The Kier molecular flexibility index (Phi) is 12.8. The van der Waals surface area contributed by atoms with Gasteiger partial charge in [0.15, 0.2) is 23.0 Å². The van der Waals surface area contributed by atoms with Gasteiger partial charge < -0.3 is 60.8 Å². The van der Waals surface area contributed by atoms with Crippen LogP contribution in [0.15, 0.2) is 66.0 Å². The Morgan fingerprint density at radius 3 is 2.67 bits per heavy atom. The molecule has 2 fully saturated rings. The van der Waals surface area contributed by atoms with E-state index in [1.807, 2.05) is 18.2 Å². The monoisotopic (exact) mass is 764 g/mol. The largest absolute Gasteiger partial charge is 0.504 e. The van der Waals surface area contributed by atoms with Crippen LogP contribution in [0.1, 0.15) is 63.2 Å². The van der Waals surface area contributed by atoms with E-state index in [1.165, 1.54) is 7.11 Å². The molecule has 0 bridgehead atoms. The molecule has 3 aliphatic heterocycles. The number of hydrogen-bond donors (Lipinski definition) is 9. The van der Waals surface area contributed by atoms with Crippen molar-refractivity contribution in [2.75, 3.05) is 33.5 Å². The fourth-order valence-corrected chi connectivity index (χ4v) is 8.64. The molecule has 0 saturated carbocycles. The van der Waals surface area contributed by atoms with Crippen LogP contribution in [-0.2, 0) is 16.0 Å². The number of nitrogens with two attached hydrogens (primary N) is 1. The number of aryl methyl sites for hydroxylation is 1. The molecule has 2 aromatic carbocycles. The number of carboxylic acid groups (broad SMARTS) is 1. The van der Waals surface area contributed by atoms with Gasteiger partial charge in [0, 0.05) is 42.9 Å². The molecule has 0 amide bonds. The maximum atomic E-state index is 12.8. The molecule has 14 nitrogen and oxygen atoms in total. The zero-order chi connectivity index (χ0) is 39.3. The first-order valence-corrected chi connectivity index (χ1v) is 19.2. The molecule has 9 unspecified atom stereocenters. The third kappa shape index (κ3) is 9.16. The first kappa shape index (κ1) is 40.2. The van der Waals surface area contributed by atoms with Crippen molar-refractivity contribution in [3.05, 3.63) is 77.2 Å². The van der Waals surface area contributed by atoms with Crippen molar-refractivity contribution in [3.63, 3.8) is 0 Å². The van der Waals surface area contributed by atoms with Crippen molar-refractivity contribution in [2.24, 2.45) is 23.0 Å². The Morgan fingerprint density at radius 2 is 1.93 bits per heavy atom. The molecule has 55 heavy (non-hydrogen) atoms. The highest BCUT2D eigenvalue weighted by Gasteiger charge is 2.57. The predicted molar refractivity (Wildman–Crippen MR) is 205 cm³/mol. The summed E-state index contributed by atoms with van der Waals surface area (Å²) in [4.78, 5) is 12.8. The highest BCUT2D eigenvalue weighted by atomic mass is 16.5. The summed E-state index contributed by atoms with van der Waals surface area (Å²) >= 11 is 0. The van der Waals surface area contributed by atoms with Gasteiger partial charge in [-0.2, -0.15) is 0 Å². The van der Waals surface area contributed by atoms with Gasteiger partial charge in [0.2, 0.25) is 5.75 Å². The van der Waals surface area contributed by atoms with E-state index in [2.05, 4.69) is 29.0 Å². The Bertz CT molecular complexity index is 1760. The van der Waals surface area contributed by atoms with E-state index in [4.69, 9.17) is 24.7 Å². The summed E-state index contributed by atoms with van der Waals surface area (Å²) in [5, 5.41) is 62.2. The summed E-state index contributed by atoms with van der Waals surface area (Å²) in [6.07, 6.45) is 9.15. The number of aliphatic carboxylic acids is 1. The van der Waals surface area contributed by atoms with Crippen LogP contribution in [0.3, 0.4) is 0 Å². The van der Waals surface area contributed by atoms with Gasteiger partial charge in [0.25, 0.3) is 0 Å². The summed E-state index contributed by atoms with van der Waals surface area (Å²) in [6, 6.07) is 8.28. The van der Waals surface area contributed by atoms with E-state index in [-0.39, 0.29) is 54.4 Å². The van der Waals surface area contributed by atoms with E-state index in [0.29, 0.717) is 62.3 Å². The number of piperidine rings is 1. The van der Waals surface area contributed by atoms with Crippen LogP contribution >= 0.6 is 0 Å². The van der Waals surface area contributed by atoms with Gasteiger partial charge in [-0.05, 0) is 93.0 Å². The molecule has 10 N–H and O–H groups in total. The number of phenols is 2. The number of aromatic hydroxyl groups is 2. The van der Waals surface area contributed by atoms with Crippen molar-refractivity contribution in [2.45, 2.75) is 88.9 Å². The van der Waals surface area contributed by atoms with Crippen LogP contribution in [0.25, 0.3) is 0 Å². The van der Waals surface area contributed by atoms with Crippen molar-refractivity contribution in [3.8, 4) is 28.7 Å². The minimum atomic E-state index is -0.902. The molecular weight excluding hydrogens is 708 g/mol. The molecule has 4 aliphatic rings. The van der Waals surface area contributed by atoms with Gasteiger partial charge in [0.05, 0.1) is 43.3 Å².